The van der Waals surface area contributed by atoms with E-state index in [1.165, 1.54) is 22.2 Å². The van der Waals surface area contributed by atoms with Gasteiger partial charge in [0.25, 0.3) is 5.91 Å². The van der Waals surface area contributed by atoms with Crippen LogP contribution in [0.15, 0.2) is 12.4 Å². The summed E-state index contributed by atoms with van der Waals surface area (Å²) in [7, 11) is 3.30. The van der Waals surface area contributed by atoms with Crippen molar-refractivity contribution < 1.29 is 9.59 Å². The maximum absolute atomic E-state index is 12.2. The van der Waals surface area contributed by atoms with Crippen molar-refractivity contribution in [1.29, 1.82) is 0 Å². The number of rotatable bonds is 5. The van der Waals surface area contributed by atoms with Gasteiger partial charge in [0.05, 0.1) is 12.4 Å². The molecule has 0 aliphatic carbocycles. The van der Waals surface area contributed by atoms with Crippen LogP contribution in [0.25, 0.3) is 0 Å². The van der Waals surface area contributed by atoms with E-state index in [1.54, 1.807) is 14.1 Å². The first-order chi connectivity index (χ1) is 8.95. The number of carbonyl (C=O) groups is 2. The highest BCUT2D eigenvalue weighted by Gasteiger charge is 2.20. The molecule has 0 aromatic carbocycles. The molecule has 0 N–H and O–H groups in total. The molecule has 1 rings (SSSR count). The first-order valence-electron chi connectivity index (χ1n) is 5.92. The van der Waals surface area contributed by atoms with E-state index in [9.17, 15) is 9.59 Å². The molecule has 1 heterocycles. The Hall–Kier alpha value is -1.69. The lowest BCUT2D eigenvalue weighted by atomic mass is 10.3. The fourth-order valence-corrected chi connectivity index (χ4v) is 1.51. The van der Waals surface area contributed by atoms with Gasteiger partial charge in [0.1, 0.15) is 17.4 Å². The fourth-order valence-electron chi connectivity index (χ4n) is 1.41. The van der Waals surface area contributed by atoms with E-state index in [1.807, 2.05) is 6.92 Å². The molecule has 0 fully saturated rings. The molecule has 1 aromatic heterocycles. The van der Waals surface area contributed by atoms with Gasteiger partial charge in [-0.05, 0) is 6.42 Å². The van der Waals surface area contributed by atoms with Crippen molar-refractivity contribution in [3.05, 3.63) is 23.2 Å². The van der Waals surface area contributed by atoms with E-state index < -0.39 is 0 Å². The van der Waals surface area contributed by atoms with Crippen LogP contribution in [0.1, 0.15) is 23.8 Å². The highest BCUT2D eigenvalue weighted by atomic mass is 35.5. The van der Waals surface area contributed by atoms with Crippen LogP contribution < -0.4 is 0 Å². The number of likely N-dealkylation sites (N-methyl/N-ethyl adjacent to an activating group) is 1. The molecule has 1 aromatic rings. The summed E-state index contributed by atoms with van der Waals surface area (Å²) in [5, 5.41) is 0.225. The SMILES string of the molecule is CCCN(CC(=O)N(C)C)C(=O)c1cnc(Cl)cn1. The van der Waals surface area contributed by atoms with Crippen LogP contribution in [0.5, 0.6) is 0 Å². The minimum Gasteiger partial charge on any atom is -0.347 e. The first-order valence-corrected chi connectivity index (χ1v) is 6.30. The largest absolute Gasteiger partial charge is 0.347 e. The Morgan fingerprint density at radius 2 is 1.95 bits per heavy atom. The Morgan fingerprint density at radius 1 is 1.26 bits per heavy atom. The minimum absolute atomic E-state index is 0.0317. The van der Waals surface area contributed by atoms with Crippen LogP contribution in [0.2, 0.25) is 5.15 Å². The number of nitrogens with zero attached hydrogens (tertiary/aromatic N) is 4. The molecular weight excluding hydrogens is 268 g/mol. The predicted octanol–water partition coefficient (Wildman–Crippen LogP) is 1.07. The molecule has 0 spiro atoms. The smallest absolute Gasteiger partial charge is 0.274 e. The number of aromatic nitrogens is 2. The normalized spacial score (nSPS) is 10.1. The topological polar surface area (TPSA) is 66.4 Å². The van der Waals surface area contributed by atoms with Crippen LogP contribution in [-0.2, 0) is 4.79 Å². The molecule has 0 unspecified atom stereocenters. The number of amides is 2. The van der Waals surface area contributed by atoms with Crippen molar-refractivity contribution in [1.82, 2.24) is 19.8 Å². The lowest BCUT2D eigenvalue weighted by molar-refractivity contribution is -0.129. The summed E-state index contributed by atoms with van der Waals surface area (Å²) in [6, 6.07) is 0. The maximum atomic E-state index is 12.2. The van der Waals surface area contributed by atoms with Gasteiger partial charge in [0.15, 0.2) is 0 Å². The molecule has 0 aliphatic rings. The van der Waals surface area contributed by atoms with Crippen molar-refractivity contribution in [2.45, 2.75) is 13.3 Å². The van der Waals surface area contributed by atoms with Gasteiger partial charge in [-0.3, -0.25) is 9.59 Å². The van der Waals surface area contributed by atoms with Gasteiger partial charge in [-0.15, -0.1) is 0 Å². The third-order valence-electron chi connectivity index (χ3n) is 2.45. The Bertz CT molecular complexity index is 448. The second-order valence-corrected chi connectivity index (χ2v) is 4.63. The zero-order valence-corrected chi connectivity index (χ0v) is 12.0. The Balaban J connectivity index is 2.83. The average Bonchev–Trinajstić information content (AvgIpc) is 2.38. The van der Waals surface area contributed by atoms with E-state index in [0.29, 0.717) is 6.54 Å². The predicted molar refractivity (Wildman–Crippen MR) is 71.9 cm³/mol. The van der Waals surface area contributed by atoms with Gasteiger partial charge in [-0.25, -0.2) is 9.97 Å². The summed E-state index contributed by atoms with van der Waals surface area (Å²) < 4.78 is 0. The standard InChI is InChI=1S/C12H17ClN4O2/c1-4-5-17(8-11(18)16(2)3)12(19)9-6-15-10(13)7-14-9/h6-7H,4-5,8H2,1-3H3. The third kappa shape index (κ3) is 4.48. The van der Waals surface area contributed by atoms with E-state index >= 15 is 0 Å². The van der Waals surface area contributed by atoms with Crippen LogP contribution in [0.3, 0.4) is 0 Å². The molecule has 7 heteroatoms. The summed E-state index contributed by atoms with van der Waals surface area (Å²) in [6.45, 7) is 2.46. The summed E-state index contributed by atoms with van der Waals surface area (Å²) in [6.07, 6.45) is 3.38. The van der Waals surface area contributed by atoms with Gasteiger partial charge in [0.2, 0.25) is 5.91 Å². The van der Waals surface area contributed by atoms with E-state index in [0.717, 1.165) is 6.42 Å². The summed E-state index contributed by atoms with van der Waals surface area (Å²) in [5.74, 6) is -0.454. The van der Waals surface area contributed by atoms with Crippen molar-refractivity contribution in [2.75, 3.05) is 27.2 Å². The summed E-state index contributed by atoms with van der Waals surface area (Å²) in [5.41, 5.74) is 0.185. The van der Waals surface area contributed by atoms with Gasteiger partial charge in [-0.1, -0.05) is 18.5 Å². The Kier molecular flexibility index (Phi) is 5.69. The summed E-state index contributed by atoms with van der Waals surface area (Å²) >= 11 is 5.62. The van der Waals surface area contributed by atoms with Gasteiger partial charge < -0.3 is 9.80 Å². The zero-order valence-electron chi connectivity index (χ0n) is 11.3. The third-order valence-corrected chi connectivity index (χ3v) is 2.64. The second kappa shape index (κ2) is 7.04. The lowest BCUT2D eigenvalue weighted by Crippen LogP contribution is -2.41. The van der Waals surface area contributed by atoms with Crippen LogP contribution in [-0.4, -0.2) is 58.8 Å². The van der Waals surface area contributed by atoms with Crippen LogP contribution >= 0.6 is 11.6 Å². The maximum Gasteiger partial charge on any atom is 0.274 e. The second-order valence-electron chi connectivity index (χ2n) is 4.24. The molecule has 19 heavy (non-hydrogen) atoms. The lowest BCUT2D eigenvalue weighted by Gasteiger charge is -2.22. The highest BCUT2D eigenvalue weighted by molar-refractivity contribution is 6.29. The monoisotopic (exact) mass is 284 g/mol. The Morgan fingerprint density at radius 3 is 2.42 bits per heavy atom. The number of hydrogen-bond acceptors (Lipinski definition) is 4. The van der Waals surface area contributed by atoms with Crippen LogP contribution in [0.4, 0.5) is 0 Å². The van der Waals surface area contributed by atoms with Crippen molar-refractivity contribution in [3.63, 3.8) is 0 Å². The average molecular weight is 285 g/mol. The van der Waals surface area contributed by atoms with Crippen LogP contribution in [0, 0.1) is 0 Å². The molecule has 2 amide bonds. The van der Waals surface area contributed by atoms with Gasteiger partial charge in [0, 0.05) is 20.6 Å². The minimum atomic E-state index is -0.318. The van der Waals surface area contributed by atoms with Crippen molar-refractivity contribution >= 4 is 23.4 Å². The zero-order chi connectivity index (χ0) is 14.4. The first kappa shape index (κ1) is 15.4. The molecule has 104 valence electrons. The molecular formula is C12H17ClN4O2. The quantitative estimate of drug-likeness (QED) is 0.811. The highest BCUT2D eigenvalue weighted by Crippen LogP contribution is 2.06. The number of hydrogen-bond donors (Lipinski definition) is 0. The molecule has 0 aliphatic heterocycles. The Labute approximate surface area is 117 Å². The van der Waals surface area contributed by atoms with Crippen molar-refractivity contribution in [2.24, 2.45) is 0 Å². The number of halogens is 1. The van der Waals surface area contributed by atoms with E-state index in [2.05, 4.69) is 9.97 Å². The molecule has 6 nitrogen and oxygen atoms in total. The van der Waals surface area contributed by atoms with Gasteiger partial charge in [-0.2, -0.15) is 0 Å². The molecule has 0 saturated heterocycles. The molecule has 0 radical (unpaired) electrons. The summed E-state index contributed by atoms with van der Waals surface area (Å²) in [4.78, 5) is 34.6. The fraction of sp³-hybridized carbons (Fsp3) is 0.500. The van der Waals surface area contributed by atoms with Gasteiger partial charge >= 0.3 is 0 Å². The molecule has 0 bridgehead atoms. The van der Waals surface area contributed by atoms with E-state index in [-0.39, 0.29) is 29.2 Å². The van der Waals surface area contributed by atoms with Crippen molar-refractivity contribution in [3.8, 4) is 0 Å². The number of carbonyl (C=O) groups excluding carboxylic acids is 2. The van der Waals surface area contributed by atoms with E-state index in [4.69, 9.17) is 11.6 Å². The molecule has 0 atom stereocenters. The molecule has 0 saturated carbocycles.